The predicted octanol–water partition coefficient (Wildman–Crippen LogP) is 1.30. The molecule has 0 aliphatic heterocycles. The highest BCUT2D eigenvalue weighted by atomic mass is 16.3. The smallest absolute Gasteiger partial charge is 0.0949 e. The van der Waals surface area contributed by atoms with Gasteiger partial charge in [0.1, 0.15) is 0 Å². The number of aliphatic hydroxyl groups is 2. The molecule has 2 N–H and O–H groups in total. The standard InChI is InChI=1S/C12H15NO2/c1-9-2-3-12-10(6-9)4-5-13(12)7-11(15)8-14/h2-6,11,14-15H,7-8H2,1H3. The van der Waals surface area contributed by atoms with Gasteiger partial charge in [0.05, 0.1) is 19.3 Å². The Morgan fingerprint density at radius 1 is 1.33 bits per heavy atom. The molecule has 0 saturated heterocycles. The first-order valence-electron chi connectivity index (χ1n) is 5.05. The van der Waals surface area contributed by atoms with Crippen molar-refractivity contribution >= 4 is 10.9 Å². The fourth-order valence-electron chi connectivity index (χ4n) is 1.76. The quantitative estimate of drug-likeness (QED) is 0.793. The van der Waals surface area contributed by atoms with Crippen LogP contribution < -0.4 is 0 Å². The van der Waals surface area contributed by atoms with Crippen molar-refractivity contribution in [2.75, 3.05) is 6.61 Å². The van der Waals surface area contributed by atoms with Crippen molar-refractivity contribution in [1.29, 1.82) is 0 Å². The molecule has 1 aromatic carbocycles. The Morgan fingerprint density at radius 3 is 2.87 bits per heavy atom. The highest BCUT2D eigenvalue weighted by Crippen LogP contribution is 2.17. The summed E-state index contributed by atoms with van der Waals surface area (Å²) in [6.45, 7) is 2.29. The maximum Gasteiger partial charge on any atom is 0.0949 e. The zero-order chi connectivity index (χ0) is 10.8. The van der Waals surface area contributed by atoms with E-state index in [1.54, 1.807) is 0 Å². The summed E-state index contributed by atoms with van der Waals surface area (Å²) in [5, 5.41) is 19.3. The van der Waals surface area contributed by atoms with Crippen LogP contribution in [-0.4, -0.2) is 27.5 Å². The molecule has 0 spiro atoms. The number of aryl methyl sites for hydroxylation is 1. The Hall–Kier alpha value is -1.32. The van der Waals surface area contributed by atoms with Gasteiger partial charge in [-0.25, -0.2) is 0 Å². The van der Waals surface area contributed by atoms with E-state index in [9.17, 15) is 5.11 Å². The van der Waals surface area contributed by atoms with Crippen molar-refractivity contribution < 1.29 is 10.2 Å². The van der Waals surface area contributed by atoms with E-state index in [-0.39, 0.29) is 6.61 Å². The van der Waals surface area contributed by atoms with Crippen molar-refractivity contribution in [3.8, 4) is 0 Å². The molecule has 1 atom stereocenters. The number of benzene rings is 1. The van der Waals surface area contributed by atoms with Crippen molar-refractivity contribution in [3.63, 3.8) is 0 Å². The largest absolute Gasteiger partial charge is 0.394 e. The van der Waals surface area contributed by atoms with E-state index >= 15 is 0 Å². The Kier molecular flexibility index (Phi) is 2.75. The number of hydrogen-bond donors (Lipinski definition) is 2. The van der Waals surface area contributed by atoms with Crippen LogP contribution >= 0.6 is 0 Å². The summed E-state index contributed by atoms with van der Waals surface area (Å²) in [5.41, 5.74) is 2.32. The van der Waals surface area contributed by atoms with Crippen LogP contribution in [0, 0.1) is 6.92 Å². The lowest BCUT2D eigenvalue weighted by molar-refractivity contribution is 0.0822. The van der Waals surface area contributed by atoms with Crippen LogP contribution in [-0.2, 0) is 6.54 Å². The van der Waals surface area contributed by atoms with Crippen LogP contribution in [0.15, 0.2) is 30.5 Å². The fourth-order valence-corrected chi connectivity index (χ4v) is 1.76. The predicted molar refractivity (Wildman–Crippen MR) is 59.8 cm³/mol. The molecule has 80 valence electrons. The molecule has 0 amide bonds. The lowest BCUT2D eigenvalue weighted by Gasteiger charge is -2.09. The van der Waals surface area contributed by atoms with Crippen molar-refractivity contribution in [2.24, 2.45) is 0 Å². The van der Waals surface area contributed by atoms with Crippen LogP contribution in [0.2, 0.25) is 0 Å². The van der Waals surface area contributed by atoms with Gasteiger partial charge in [-0.15, -0.1) is 0 Å². The topological polar surface area (TPSA) is 45.4 Å². The SMILES string of the molecule is Cc1ccc2c(ccn2CC(O)CO)c1. The van der Waals surface area contributed by atoms with Gasteiger partial charge in [-0.2, -0.15) is 0 Å². The van der Waals surface area contributed by atoms with Gasteiger partial charge in [-0.3, -0.25) is 0 Å². The van der Waals surface area contributed by atoms with E-state index < -0.39 is 6.10 Å². The van der Waals surface area contributed by atoms with E-state index in [0.29, 0.717) is 6.54 Å². The van der Waals surface area contributed by atoms with Crippen LogP contribution in [0.1, 0.15) is 5.56 Å². The lowest BCUT2D eigenvalue weighted by Crippen LogP contribution is -2.19. The number of nitrogens with zero attached hydrogens (tertiary/aromatic N) is 1. The van der Waals surface area contributed by atoms with Crippen LogP contribution in [0.25, 0.3) is 10.9 Å². The van der Waals surface area contributed by atoms with E-state index in [4.69, 9.17) is 5.11 Å². The van der Waals surface area contributed by atoms with E-state index in [1.807, 2.05) is 29.0 Å². The Labute approximate surface area is 88.6 Å². The molecule has 1 aromatic heterocycles. The van der Waals surface area contributed by atoms with Gasteiger partial charge in [0, 0.05) is 11.7 Å². The number of fused-ring (bicyclic) bond motifs is 1. The van der Waals surface area contributed by atoms with E-state index in [0.717, 1.165) is 5.52 Å². The molecule has 0 radical (unpaired) electrons. The molecule has 15 heavy (non-hydrogen) atoms. The third kappa shape index (κ3) is 2.03. The molecule has 3 heteroatoms. The molecule has 1 heterocycles. The zero-order valence-electron chi connectivity index (χ0n) is 8.72. The Morgan fingerprint density at radius 2 is 2.13 bits per heavy atom. The summed E-state index contributed by atoms with van der Waals surface area (Å²) in [6, 6.07) is 8.21. The minimum Gasteiger partial charge on any atom is -0.394 e. The molecule has 0 bridgehead atoms. The van der Waals surface area contributed by atoms with E-state index in [1.165, 1.54) is 10.9 Å². The summed E-state index contributed by atoms with van der Waals surface area (Å²) in [5.74, 6) is 0. The first kappa shape index (κ1) is 10.2. The van der Waals surface area contributed by atoms with Crippen LogP contribution in [0.3, 0.4) is 0 Å². The molecule has 2 aromatic rings. The minimum atomic E-state index is -0.693. The molecule has 0 aliphatic carbocycles. The second kappa shape index (κ2) is 4.04. The van der Waals surface area contributed by atoms with Gasteiger partial charge in [-0.1, -0.05) is 11.6 Å². The Balaban J connectivity index is 2.36. The van der Waals surface area contributed by atoms with Crippen LogP contribution in [0.5, 0.6) is 0 Å². The summed E-state index contributed by atoms with van der Waals surface area (Å²) in [7, 11) is 0. The summed E-state index contributed by atoms with van der Waals surface area (Å²) in [6.07, 6.45) is 1.24. The third-order valence-electron chi connectivity index (χ3n) is 2.54. The molecular formula is C12H15NO2. The normalized spacial score (nSPS) is 13.3. The van der Waals surface area contributed by atoms with Crippen molar-refractivity contribution in [2.45, 2.75) is 19.6 Å². The first-order valence-corrected chi connectivity index (χ1v) is 5.05. The maximum atomic E-state index is 9.37. The minimum absolute atomic E-state index is 0.203. The molecule has 0 saturated carbocycles. The number of hydrogen-bond acceptors (Lipinski definition) is 2. The van der Waals surface area contributed by atoms with Crippen molar-refractivity contribution in [3.05, 3.63) is 36.0 Å². The number of aliphatic hydroxyl groups excluding tert-OH is 2. The molecule has 3 nitrogen and oxygen atoms in total. The maximum absolute atomic E-state index is 9.37. The van der Waals surface area contributed by atoms with Crippen molar-refractivity contribution in [1.82, 2.24) is 4.57 Å². The first-order chi connectivity index (χ1) is 7.20. The average molecular weight is 205 g/mol. The van der Waals surface area contributed by atoms with Gasteiger partial charge < -0.3 is 14.8 Å². The van der Waals surface area contributed by atoms with Gasteiger partial charge in [-0.05, 0) is 30.5 Å². The van der Waals surface area contributed by atoms with Gasteiger partial charge in [0.15, 0.2) is 0 Å². The van der Waals surface area contributed by atoms with Gasteiger partial charge >= 0.3 is 0 Å². The van der Waals surface area contributed by atoms with Gasteiger partial charge in [0.25, 0.3) is 0 Å². The summed E-state index contributed by atoms with van der Waals surface area (Å²) < 4.78 is 1.95. The fraction of sp³-hybridized carbons (Fsp3) is 0.333. The molecule has 1 unspecified atom stereocenters. The van der Waals surface area contributed by atoms with Gasteiger partial charge in [0.2, 0.25) is 0 Å². The summed E-state index contributed by atoms with van der Waals surface area (Å²) >= 11 is 0. The third-order valence-corrected chi connectivity index (χ3v) is 2.54. The molecule has 0 aliphatic rings. The highest BCUT2D eigenvalue weighted by molar-refractivity contribution is 5.80. The second-order valence-corrected chi connectivity index (χ2v) is 3.87. The second-order valence-electron chi connectivity index (χ2n) is 3.87. The average Bonchev–Trinajstić information content (AvgIpc) is 2.60. The number of aromatic nitrogens is 1. The monoisotopic (exact) mass is 205 g/mol. The molecule has 0 fully saturated rings. The number of rotatable bonds is 3. The highest BCUT2D eigenvalue weighted by Gasteiger charge is 2.06. The molecule has 2 rings (SSSR count). The van der Waals surface area contributed by atoms with E-state index in [2.05, 4.69) is 13.0 Å². The Bertz CT molecular complexity index is 462. The van der Waals surface area contributed by atoms with Crippen LogP contribution in [0.4, 0.5) is 0 Å². The zero-order valence-corrected chi connectivity index (χ0v) is 8.72. The summed E-state index contributed by atoms with van der Waals surface area (Å²) in [4.78, 5) is 0. The lowest BCUT2D eigenvalue weighted by atomic mass is 10.2. The molecular weight excluding hydrogens is 190 g/mol.